The molecule has 0 spiro atoms. The quantitative estimate of drug-likeness (QED) is 0.263. The molecule has 2 aliphatic rings. The van der Waals surface area contributed by atoms with Crippen molar-refractivity contribution in [2.45, 2.75) is 75.7 Å². The summed E-state index contributed by atoms with van der Waals surface area (Å²) in [6, 6.07) is 5.65. The van der Waals surface area contributed by atoms with Crippen molar-refractivity contribution in [3.05, 3.63) is 36.9 Å². The van der Waals surface area contributed by atoms with E-state index in [4.69, 9.17) is 14.0 Å². The minimum absolute atomic E-state index is 0.0843. The standard InChI is InChI=1S/C26H32FN6O7P/c1-15(24(35)37-3)32-41(36)40-18-11-7-6-10-17(18)38-12-19-21(34)26(2,27)25(39-19)33-14-30-20-22(28-13-29-23(20)33)31-16-8-4-5-9-16/h6-7,10-11,13-16,19,21,25,34H,4-5,8-9,12H2,1-3H3,(H,28,29,31)/t15-,19+,21+,25?,26+/m0/s1. The molecule has 2 fully saturated rings. The van der Waals surface area contributed by atoms with Crippen LogP contribution in [-0.4, -0.2) is 74.3 Å². The lowest BCUT2D eigenvalue weighted by Crippen LogP contribution is -2.41. The summed E-state index contributed by atoms with van der Waals surface area (Å²) in [5.74, 6) is 0.166. The Balaban J connectivity index is 1.30. The summed E-state index contributed by atoms with van der Waals surface area (Å²) in [5.41, 5.74) is -1.36. The first-order chi connectivity index (χ1) is 19.7. The minimum atomic E-state index is -2.63. The van der Waals surface area contributed by atoms with Crippen molar-refractivity contribution in [2.24, 2.45) is 4.74 Å². The second-order valence-corrected chi connectivity index (χ2v) is 11.1. The summed E-state index contributed by atoms with van der Waals surface area (Å²) in [5, 5.41) is 14.3. The van der Waals surface area contributed by atoms with Gasteiger partial charge in [0.15, 0.2) is 40.7 Å². The van der Waals surface area contributed by atoms with E-state index in [2.05, 4.69) is 29.8 Å². The predicted molar refractivity (Wildman–Crippen MR) is 144 cm³/mol. The zero-order valence-electron chi connectivity index (χ0n) is 22.8. The number of carbonyl (C=O) groups is 1. The Labute approximate surface area is 236 Å². The molecule has 6 atom stereocenters. The fourth-order valence-corrected chi connectivity index (χ4v) is 5.77. The van der Waals surface area contributed by atoms with Gasteiger partial charge in [0.1, 0.15) is 25.1 Å². The smallest absolute Gasteiger partial charge is 0.395 e. The number of anilines is 1. The van der Waals surface area contributed by atoms with Crippen molar-refractivity contribution in [3.63, 3.8) is 0 Å². The molecule has 41 heavy (non-hydrogen) atoms. The summed E-state index contributed by atoms with van der Waals surface area (Å²) in [6.45, 7) is 2.43. The minimum Gasteiger partial charge on any atom is -0.575 e. The molecule has 1 saturated carbocycles. The third-order valence-electron chi connectivity index (χ3n) is 7.26. The Kier molecular flexibility index (Phi) is 8.64. The number of para-hydroxylation sites is 2. The van der Waals surface area contributed by atoms with Crippen LogP contribution in [0, 0.1) is 0 Å². The Bertz CT molecular complexity index is 1420. The molecule has 2 N–H and O–H groups in total. The van der Waals surface area contributed by atoms with E-state index >= 15 is 4.39 Å². The molecule has 220 valence electrons. The topological polar surface area (TPSA) is 165 Å². The highest BCUT2D eigenvalue weighted by atomic mass is 31.1. The molecule has 1 saturated heterocycles. The highest BCUT2D eigenvalue weighted by molar-refractivity contribution is 7.34. The van der Waals surface area contributed by atoms with E-state index in [1.54, 1.807) is 18.2 Å². The number of imidazole rings is 1. The van der Waals surface area contributed by atoms with E-state index in [1.807, 2.05) is 0 Å². The van der Waals surface area contributed by atoms with Crippen LogP contribution in [0.2, 0.25) is 0 Å². The number of fused-ring (bicyclic) bond motifs is 1. The predicted octanol–water partition coefficient (Wildman–Crippen LogP) is 3.04. The van der Waals surface area contributed by atoms with Gasteiger partial charge in [0.2, 0.25) is 5.75 Å². The summed E-state index contributed by atoms with van der Waals surface area (Å²) < 4.78 is 42.9. The maximum Gasteiger partial charge on any atom is 0.395 e. The van der Waals surface area contributed by atoms with E-state index in [0.717, 1.165) is 25.7 Å². The Morgan fingerprint density at radius 2 is 2.05 bits per heavy atom. The maximum atomic E-state index is 16.0. The van der Waals surface area contributed by atoms with Crippen LogP contribution in [0.25, 0.3) is 11.2 Å². The number of rotatable bonds is 10. The zero-order valence-corrected chi connectivity index (χ0v) is 23.7. The summed E-state index contributed by atoms with van der Waals surface area (Å²) in [6.07, 6.45) is 3.33. The average molecular weight is 591 g/mol. The number of alkyl halides is 1. The van der Waals surface area contributed by atoms with Crippen molar-refractivity contribution in [1.29, 1.82) is 0 Å². The zero-order chi connectivity index (χ0) is 29.1. The lowest BCUT2D eigenvalue weighted by Gasteiger charge is -2.24. The van der Waals surface area contributed by atoms with E-state index in [1.165, 1.54) is 44.2 Å². The van der Waals surface area contributed by atoms with E-state index < -0.39 is 44.3 Å². The van der Waals surface area contributed by atoms with Crippen LogP contribution in [0.1, 0.15) is 45.8 Å². The van der Waals surface area contributed by atoms with Crippen molar-refractivity contribution >= 4 is 31.1 Å². The van der Waals surface area contributed by atoms with Gasteiger partial charge < -0.3 is 29.5 Å². The van der Waals surface area contributed by atoms with E-state index in [-0.39, 0.29) is 18.1 Å². The Morgan fingerprint density at radius 1 is 1.32 bits per heavy atom. The van der Waals surface area contributed by atoms with Crippen molar-refractivity contribution in [2.75, 3.05) is 19.0 Å². The third-order valence-corrected chi connectivity index (χ3v) is 8.15. The van der Waals surface area contributed by atoms with E-state index in [0.29, 0.717) is 23.0 Å². The number of halogens is 1. The van der Waals surface area contributed by atoms with Crippen molar-refractivity contribution in [1.82, 2.24) is 19.5 Å². The number of benzene rings is 1. The molecule has 0 bridgehead atoms. The Hall–Kier alpha value is -3.45. The molecule has 3 heterocycles. The third kappa shape index (κ3) is 6.10. The molecule has 2 unspecified atom stereocenters. The molecule has 1 aliphatic carbocycles. The van der Waals surface area contributed by atoms with Crippen molar-refractivity contribution < 1.29 is 37.9 Å². The number of ether oxygens (including phenoxy) is 3. The number of aliphatic hydroxyl groups excluding tert-OH is 1. The van der Waals surface area contributed by atoms with Gasteiger partial charge in [-0.05, 0) is 38.8 Å². The molecular weight excluding hydrogens is 558 g/mol. The van der Waals surface area contributed by atoms with Gasteiger partial charge in [-0.1, -0.05) is 29.7 Å². The fraction of sp³-hybridized carbons (Fsp3) is 0.538. The van der Waals surface area contributed by atoms with Crippen LogP contribution < -0.4 is 19.5 Å². The molecule has 0 radical (unpaired) electrons. The molecule has 1 aliphatic heterocycles. The second kappa shape index (κ2) is 12.2. The lowest BCUT2D eigenvalue weighted by atomic mass is 9.98. The summed E-state index contributed by atoms with van der Waals surface area (Å²) >= 11 is 0. The summed E-state index contributed by atoms with van der Waals surface area (Å²) in [4.78, 5) is 37.0. The van der Waals surface area contributed by atoms with Gasteiger partial charge in [0.05, 0.1) is 13.4 Å². The second-order valence-electron chi connectivity index (χ2n) is 10.2. The fourth-order valence-electron chi connectivity index (χ4n) is 5.03. The first kappa shape index (κ1) is 29.1. The molecular formula is C26H32FN6O7P. The maximum absolute atomic E-state index is 16.0. The van der Waals surface area contributed by atoms with Gasteiger partial charge in [0, 0.05) is 6.04 Å². The number of aliphatic hydroxyl groups is 1. The van der Waals surface area contributed by atoms with Gasteiger partial charge in [-0.25, -0.2) is 24.1 Å². The number of esters is 1. The van der Waals surface area contributed by atoms with Crippen molar-refractivity contribution in [3.8, 4) is 11.5 Å². The highest BCUT2D eigenvalue weighted by Crippen LogP contribution is 2.43. The number of nitrogens with zero attached hydrogens (tertiary/aromatic N) is 5. The van der Waals surface area contributed by atoms with Gasteiger partial charge in [-0.2, -0.15) is 0 Å². The number of methoxy groups -OCH3 is 1. The summed E-state index contributed by atoms with van der Waals surface area (Å²) in [7, 11) is -1.43. The number of carbonyl (C=O) groups excluding carboxylic acids is 1. The van der Waals surface area contributed by atoms with Crippen LogP contribution in [0.15, 0.2) is 41.7 Å². The van der Waals surface area contributed by atoms with Crippen LogP contribution in [0.3, 0.4) is 0 Å². The van der Waals surface area contributed by atoms with Gasteiger partial charge >= 0.3 is 14.1 Å². The lowest BCUT2D eigenvalue weighted by molar-refractivity contribution is -0.169. The molecule has 2 aromatic heterocycles. The normalized spacial score (nSPS) is 25.8. The number of nitrogens with one attached hydrogen (secondary N) is 1. The monoisotopic (exact) mass is 590 g/mol. The van der Waals surface area contributed by atoms with Gasteiger partial charge in [0.25, 0.3) is 0 Å². The van der Waals surface area contributed by atoms with Gasteiger partial charge in [-0.3, -0.25) is 9.09 Å². The number of hydrogen-bond acceptors (Lipinski definition) is 12. The van der Waals surface area contributed by atoms with Crippen LogP contribution in [-0.2, 0) is 14.3 Å². The molecule has 5 rings (SSSR count). The molecule has 0 amide bonds. The average Bonchev–Trinajstić information content (AvgIpc) is 3.67. The first-order valence-electron chi connectivity index (χ1n) is 13.3. The van der Waals surface area contributed by atoms with Crippen LogP contribution in [0.5, 0.6) is 11.5 Å². The largest absolute Gasteiger partial charge is 0.575 e. The number of aromatic nitrogens is 4. The van der Waals surface area contributed by atoms with E-state index in [9.17, 15) is 14.8 Å². The molecule has 13 nitrogen and oxygen atoms in total. The van der Waals surface area contributed by atoms with Gasteiger partial charge in [-0.15, -0.1) is 0 Å². The van der Waals surface area contributed by atoms with Crippen LogP contribution in [0.4, 0.5) is 10.2 Å². The molecule has 3 aromatic rings. The highest BCUT2D eigenvalue weighted by Gasteiger charge is 2.55. The Morgan fingerprint density at radius 3 is 2.78 bits per heavy atom. The molecule has 15 heteroatoms. The molecule has 1 aromatic carbocycles. The SMILES string of the molecule is COC(=O)[C@H](C)N=[P+]([O-])Oc1ccccc1OC[C@H]1OC(n2cnc3c(NC4CCCC4)ncnc32)[C@](C)(F)[C@@H]1O. The number of hydrogen-bond donors (Lipinski definition) is 2. The first-order valence-corrected chi connectivity index (χ1v) is 14.4. The van der Waals surface area contributed by atoms with Crippen LogP contribution >= 0.6 is 8.17 Å².